The molecule has 0 saturated carbocycles. The van der Waals surface area contributed by atoms with Crippen LogP contribution >= 0.6 is 0 Å². The lowest BCUT2D eigenvalue weighted by atomic mass is 10.1. The molecule has 1 saturated heterocycles. The number of nitrogen functional groups attached to an aromatic ring is 1. The van der Waals surface area contributed by atoms with Crippen molar-refractivity contribution in [3.05, 3.63) is 48.3 Å². The highest BCUT2D eigenvalue weighted by Gasteiger charge is 2.29. The first-order chi connectivity index (χ1) is 18.0. The molecule has 0 spiro atoms. The number of nitrogens with zero attached hydrogens (tertiary/aromatic N) is 5. The number of benzene rings is 2. The molecule has 11 heteroatoms. The Balaban J connectivity index is 1.40. The topological polar surface area (TPSA) is 132 Å². The van der Waals surface area contributed by atoms with Crippen LogP contribution in [0.25, 0.3) is 22.3 Å². The van der Waals surface area contributed by atoms with Crippen LogP contribution < -0.4 is 30.7 Å². The van der Waals surface area contributed by atoms with Crippen LogP contribution in [0, 0.1) is 0 Å². The van der Waals surface area contributed by atoms with Crippen molar-refractivity contribution in [2.75, 3.05) is 49.9 Å². The van der Waals surface area contributed by atoms with Crippen molar-refractivity contribution in [3.8, 4) is 22.8 Å². The predicted octanol–water partition coefficient (Wildman–Crippen LogP) is 3.05. The number of ether oxygens (including phenoxy) is 2. The molecule has 2 aromatic heterocycles. The van der Waals surface area contributed by atoms with Crippen LogP contribution in [0.4, 0.5) is 17.2 Å². The molecule has 1 atom stereocenters. The molecule has 4 heterocycles. The molecule has 0 bridgehead atoms. The molecule has 2 aliphatic rings. The van der Waals surface area contributed by atoms with Gasteiger partial charge in [0.05, 0.1) is 17.1 Å². The van der Waals surface area contributed by atoms with Gasteiger partial charge >= 0.3 is 0 Å². The first-order valence-corrected chi connectivity index (χ1v) is 12.2. The van der Waals surface area contributed by atoms with Crippen molar-refractivity contribution in [2.24, 2.45) is 0 Å². The molecule has 0 unspecified atom stereocenters. The zero-order valence-corrected chi connectivity index (χ0v) is 20.7. The first-order valence-electron chi connectivity index (χ1n) is 12.2. The molecule has 4 N–H and O–H groups in total. The number of rotatable bonds is 5. The maximum atomic E-state index is 13.1. The molecule has 6 rings (SSSR count). The summed E-state index contributed by atoms with van der Waals surface area (Å²) >= 11 is 0. The summed E-state index contributed by atoms with van der Waals surface area (Å²) in [4.78, 5) is 23.7. The maximum absolute atomic E-state index is 13.1. The lowest BCUT2D eigenvalue weighted by Gasteiger charge is -2.23. The van der Waals surface area contributed by atoms with Gasteiger partial charge in [0.2, 0.25) is 6.79 Å². The predicted molar refractivity (Wildman–Crippen MR) is 141 cm³/mol. The summed E-state index contributed by atoms with van der Waals surface area (Å²) in [6.45, 7) is 1.82. The van der Waals surface area contributed by atoms with Crippen LogP contribution in [0.15, 0.2) is 42.7 Å². The number of nitrogens with one attached hydrogen (secondary N) is 2. The summed E-state index contributed by atoms with van der Waals surface area (Å²) in [7, 11) is 3.86. The van der Waals surface area contributed by atoms with Crippen molar-refractivity contribution in [3.63, 3.8) is 0 Å². The minimum Gasteiger partial charge on any atom is -0.453 e. The number of piperidine rings is 1. The van der Waals surface area contributed by atoms with Crippen molar-refractivity contribution in [2.45, 2.75) is 18.9 Å². The normalized spacial score (nSPS) is 16.6. The average molecular weight is 501 g/mol. The van der Waals surface area contributed by atoms with Gasteiger partial charge in [0, 0.05) is 37.5 Å². The number of hydrogen-bond acceptors (Lipinski definition) is 9. The van der Waals surface area contributed by atoms with Gasteiger partial charge in [-0.3, -0.25) is 4.79 Å². The lowest BCUT2D eigenvalue weighted by Crippen LogP contribution is -2.32. The number of hydrogen-bond donors (Lipinski definition) is 3. The Kier molecular flexibility index (Phi) is 5.76. The average Bonchev–Trinajstić information content (AvgIpc) is 3.56. The van der Waals surface area contributed by atoms with Crippen LogP contribution in [0.1, 0.15) is 29.2 Å². The molecular weight excluding hydrogens is 472 g/mol. The van der Waals surface area contributed by atoms with Gasteiger partial charge in [0.15, 0.2) is 17.1 Å². The fourth-order valence-corrected chi connectivity index (χ4v) is 4.88. The summed E-state index contributed by atoms with van der Waals surface area (Å²) in [5, 5.41) is 12.0. The zero-order chi connectivity index (χ0) is 25.5. The third kappa shape index (κ3) is 4.06. The molecular formula is C26H28N8O3. The maximum Gasteiger partial charge on any atom is 0.255 e. The number of amides is 1. The summed E-state index contributed by atoms with van der Waals surface area (Å²) < 4.78 is 13.6. The number of anilines is 3. The van der Waals surface area contributed by atoms with E-state index >= 15 is 0 Å². The second kappa shape index (κ2) is 9.25. The van der Waals surface area contributed by atoms with Gasteiger partial charge in [-0.2, -0.15) is 5.10 Å². The van der Waals surface area contributed by atoms with Crippen LogP contribution in [-0.4, -0.2) is 59.6 Å². The van der Waals surface area contributed by atoms with Crippen LogP contribution in [0.2, 0.25) is 0 Å². The molecule has 37 heavy (non-hydrogen) atoms. The highest BCUT2D eigenvalue weighted by Crippen LogP contribution is 2.48. The Morgan fingerprint density at radius 1 is 1.19 bits per heavy atom. The van der Waals surface area contributed by atoms with E-state index in [2.05, 4.69) is 20.6 Å². The van der Waals surface area contributed by atoms with E-state index in [1.807, 2.05) is 47.9 Å². The molecule has 0 radical (unpaired) electrons. The van der Waals surface area contributed by atoms with E-state index in [9.17, 15) is 4.79 Å². The Morgan fingerprint density at radius 2 is 2.05 bits per heavy atom. The second-order valence-corrected chi connectivity index (χ2v) is 9.38. The number of carbonyl (C=O) groups excluding carboxylic acids is 1. The Labute approximate surface area is 213 Å². The monoisotopic (exact) mass is 500 g/mol. The standard InChI is InChI=1S/C26H28N8O3/c1-33(2)16-6-3-5-15(11-16)26(35)31-19-9-8-18(22-23(19)37-14-36-22)21-20-24(27)29-13-30-25(20)34(32-21)17-7-4-10-28-12-17/h3,5-6,8-9,11,13,17,28H,4,7,10,12,14H2,1-2H3,(H,31,35)(H2,27,29,30)/t17-/m1/s1. The van der Waals surface area contributed by atoms with Gasteiger partial charge in [0.1, 0.15) is 17.8 Å². The van der Waals surface area contributed by atoms with E-state index in [0.717, 1.165) is 31.6 Å². The van der Waals surface area contributed by atoms with Gasteiger partial charge in [0.25, 0.3) is 5.91 Å². The molecule has 190 valence electrons. The third-order valence-corrected chi connectivity index (χ3v) is 6.78. The summed E-state index contributed by atoms with van der Waals surface area (Å²) in [5.74, 6) is 1.05. The van der Waals surface area contributed by atoms with Crippen LogP contribution in [0.5, 0.6) is 11.5 Å². The number of nitrogens with two attached hydrogens (primary N) is 1. The van der Waals surface area contributed by atoms with E-state index in [0.29, 0.717) is 50.9 Å². The molecule has 0 aliphatic carbocycles. The Hall–Kier alpha value is -4.38. The van der Waals surface area contributed by atoms with Gasteiger partial charge in [-0.25, -0.2) is 14.6 Å². The zero-order valence-electron chi connectivity index (χ0n) is 20.7. The molecule has 1 amide bonds. The molecule has 2 aromatic carbocycles. The molecule has 2 aliphatic heterocycles. The van der Waals surface area contributed by atoms with E-state index in [4.69, 9.17) is 20.3 Å². The van der Waals surface area contributed by atoms with Crippen molar-refractivity contribution in [1.29, 1.82) is 0 Å². The Bertz CT molecular complexity index is 1490. The fourth-order valence-electron chi connectivity index (χ4n) is 4.88. The number of aromatic nitrogens is 4. The van der Waals surface area contributed by atoms with E-state index < -0.39 is 0 Å². The van der Waals surface area contributed by atoms with Crippen molar-refractivity contribution in [1.82, 2.24) is 25.1 Å². The van der Waals surface area contributed by atoms with Gasteiger partial charge in [-0.1, -0.05) is 6.07 Å². The van der Waals surface area contributed by atoms with Gasteiger partial charge in [-0.05, 0) is 49.7 Å². The SMILES string of the molecule is CN(C)c1cccc(C(=O)Nc2ccc(-c3nn([C@@H]4CCCNC4)c4ncnc(N)c34)c3c2OCO3)c1. The van der Waals surface area contributed by atoms with E-state index in [-0.39, 0.29) is 18.7 Å². The highest BCUT2D eigenvalue weighted by molar-refractivity contribution is 6.07. The van der Waals surface area contributed by atoms with E-state index in [1.54, 1.807) is 12.1 Å². The highest BCUT2D eigenvalue weighted by atomic mass is 16.7. The summed E-state index contributed by atoms with van der Waals surface area (Å²) in [6.07, 6.45) is 3.51. The third-order valence-electron chi connectivity index (χ3n) is 6.78. The Morgan fingerprint density at radius 3 is 2.86 bits per heavy atom. The fraction of sp³-hybridized carbons (Fsp3) is 0.308. The second-order valence-electron chi connectivity index (χ2n) is 9.38. The molecule has 4 aromatic rings. The molecule has 11 nitrogen and oxygen atoms in total. The van der Waals surface area contributed by atoms with Crippen molar-refractivity contribution >= 4 is 34.1 Å². The quantitative estimate of drug-likeness (QED) is 0.378. The van der Waals surface area contributed by atoms with Crippen LogP contribution in [0.3, 0.4) is 0 Å². The summed E-state index contributed by atoms with van der Waals surface area (Å²) in [5.41, 5.74) is 10.3. The number of fused-ring (bicyclic) bond motifs is 2. The minimum atomic E-state index is -0.244. The number of carbonyl (C=O) groups is 1. The minimum absolute atomic E-state index is 0.0303. The van der Waals surface area contributed by atoms with Gasteiger partial charge < -0.3 is 30.7 Å². The largest absolute Gasteiger partial charge is 0.453 e. The lowest BCUT2D eigenvalue weighted by molar-refractivity contribution is 0.102. The first kappa shape index (κ1) is 23.0. The van der Waals surface area contributed by atoms with Crippen molar-refractivity contribution < 1.29 is 14.3 Å². The molecule has 1 fully saturated rings. The van der Waals surface area contributed by atoms with Crippen LogP contribution in [-0.2, 0) is 0 Å². The van der Waals surface area contributed by atoms with E-state index in [1.165, 1.54) is 6.33 Å². The smallest absolute Gasteiger partial charge is 0.255 e. The van der Waals surface area contributed by atoms with Gasteiger partial charge in [-0.15, -0.1) is 0 Å². The summed E-state index contributed by atoms with van der Waals surface area (Å²) in [6, 6.07) is 11.2.